The van der Waals surface area contributed by atoms with Gasteiger partial charge >= 0.3 is 0 Å². The minimum Gasteiger partial charge on any atom is -0.334 e. The average molecular weight is 615 g/mol. The first kappa shape index (κ1) is 28.1. The highest BCUT2D eigenvalue weighted by Gasteiger charge is 2.21. The van der Waals surface area contributed by atoms with Crippen LogP contribution in [0.5, 0.6) is 0 Å². The van der Waals surface area contributed by atoms with E-state index in [9.17, 15) is 0 Å². The van der Waals surface area contributed by atoms with E-state index in [-0.39, 0.29) is 6.04 Å². The minimum absolute atomic E-state index is 0.181. The van der Waals surface area contributed by atoms with Crippen LogP contribution in [0, 0.1) is 0 Å². The Morgan fingerprint density at radius 1 is 0.479 bits per heavy atom. The summed E-state index contributed by atoms with van der Waals surface area (Å²) < 4.78 is 2.38. The average Bonchev–Trinajstić information content (AvgIpc) is 3.50. The van der Waals surface area contributed by atoms with E-state index in [2.05, 4.69) is 198 Å². The van der Waals surface area contributed by atoms with Gasteiger partial charge in [-0.2, -0.15) is 0 Å². The zero-order chi connectivity index (χ0) is 31.9. The maximum atomic E-state index is 2.48. The molecule has 0 bridgehead atoms. The van der Waals surface area contributed by atoms with Crippen LogP contribution in [0.3, 0.4) is 0 Å². The van der Waals surface area contributed by atoms with E-state index in [0.29, 0.717) is 0 Å². The summed E-state index contributed by atoms with van der Waals surface area (Å²) in [7, 11) is 0. The van der Waals surface area contributed by atoms with Crippen molar-refractivity contribution in [1.82, 2.24) is 4.57 Å². The summed E-state index contributed by atoms with van der Waals surface area (Å²) >= 11 is 0. The molecule has 1 aliphatic carbocycles. The Labute approximate surface area is 281 Å². The fraction of sp³-hybridized carbons (Fsp3) is 0.0435. The van der Waals surface area contributed by atoms with Crippen LogP contribution in [0.4, 0.5) is 11.4 Å². The molecule has 1 unspecified atom stereocenters. The summed E-state index contributed by atoms with van der Waals surface area (Å²) in [6.45, 7) is 0. The van der Waals surface area contributed by atoms with Crippen molar-refractivity contribution in [3.05, 3.63) is 194 Å². The molecule has 1 atom stereocenters. The van der Waals surface area contributed by atoms with E-state index in [1.165, 1.54) is 66.2 Å². The number of fused-ring (bicyclic) bond motifs is 4. The zero-order valence-electron chi connectivity index (χ0n) is 26.6. The lowest BCUT2D eigenvalue weighted by Gasteiger charge is -2.33. The molecule has 48 heavy (non-hydrogen) atoms. The number of hydrogen-bond acceptors (Lipinski definition) is 1. The van der Waals surface area contributed by atoms with E-state index in [0.717, 1.165) is 12.1 Å². The molecule has 0 saturated carbocycles. The van der Waals surface area contributed by atoms with E-state index < -0.39 is 0 Å². The summed E-state index contributed by atoms with van der Waals surface area (Å²) in [6.07, 6.45) is 7.94. The smallest absolute Gasteiger partial charge is 0.0560 e. The molecule has 7 aromatic carbocycles. The van der Waals surface area contributed by atoms with Gasteiger partial charge in [-0.05, 0) is 88.0 Å². The fourth-order valence-corrected chi connectivity index (χ4v) is 7.42. The third kappa shape index (κ3) is 4.90. The van der Waals surface area contributed by atoms with Crippen molar-refractivity contribution in [3.8, 4) is 16.8 Å². The molecule has 1 heterocycles. The molecule has 0 N–H and O–H groups in total. The van der Waals surface area contributed by atoms with Gasteiger partial charge in [0.05, 0.1) is 17.1 Å². The van der Waals surface area contributed by atoms with Crippen molar-refractivity contribution >= 4 is 49.5 Å². The Kier molecular flexibility index (Phi) is 6.98. The number of aromatic nitrogens is 1. The van der Waals surface area contributed by atoms with Crippen LogP contribution in [0.1, 0.15) is 12.0 Å². The standard InChI is InChI=1S/C46H34N2/c1-2-11-33(12-3-1)34-21-25-37(26-22-34)47(38-27-23-36(24-28-38)42-18-10-14-35-13-4-5-15-41(35)42)39-29-31-40(32-30-39)48-45-19-8-6-16-43(45)44-17-7-9-20-46(44)48/h1-25,27-32,37H,26H2. The Morgan fingerprint density at radius 2 is 1.06 bits per heavy atom. The van der Waals surface area contributed by atoms with Gasteiger partial charge in [0.15, 0.2) is 0 Å². The number of anilines is 2. The van der Waals surface area contributed by atoms with Crippen molar-refractivity contribution in [3.63, 3.8) is 0 Å². The highest BCUT2D eigenvalue weighted by atomic mass is 15.2. The first-order valence-corrected chi connectivity index (χ1v) is 16.7. The van der Waals surface area contributed by atoms with Crippen molar-refractivity contribution in [1.29, 1.82) is 0 Å². The van der Waals surface area contributed by atoms with Crippen molar-refractivity contribution in [2.75, 3.05) is 4.90 Å². The van der Waals surface area contributed by atoms with Crippen LogP contribution in [-0.4, -0.2) is 10.6 Å². The zero-order valence-corrected chi connectivity index (χ0v) is 26.6. The summed E-state index contributed by atoms with van der Waals surface area (Å²) in [5.41, 5.74) is 11.0. The van der Waals surface area contributed by atoms with Gasteiger partial charge in [-0.3, -0.25) is 0 Å². The maximum absolute atomic E-state index is 2.48. The second-order valence-corrected chi connectivity index (χ2v) is 12.5. The molecule has 0 aliphatic heterocycles. The third-order valence-corrected chi connectivity index (χ3v) is 9.73. The molecular formula is C46H34N2. The number of hydrogen-bond donors (Lipinski definition) is 0. The SMILES string of the molecule is C1=CC(N(c2ccc(-c3cccc4ccccc34)cc2)c2ccc(-n3c4ccccc4c4ccccc43)cc2)CC=C1c1ccccc1. The quantitative estimate of drug-likeness (QED) is 0.181. The second kappa shape index (κ2) is 11.9. The van der Waals surface area contributed by atoms with Crippen LogP contribution >= 0.6 is 0 Å². The van der Waals surface area contributed by atoms with E-state index in [1.807, 2.05) is 0 Å². The lowest BCUT2D eigenvalue weighted by atomic mass is 9.95. The molecule has 1 aromatic heterocycles. The van der Waals surface area contributed by atoms with Gasteiger partial charge in [0.2, 0.25) is 0 Å². The molecule has 8 aromatic rings. The molecule has 0 amide bonds. The Morgan fingerprint density at radius 3 is 1.73 bits per heavy atom. The van der Waals surface area contributed by atoms with E-state index >= 15 is 0 Å². The number of allylic oxidation sites excluding steroid dienone is 2. The Balaban J connectivity index is 1.11. The molecule has 0 radical (unpaired) electrons. The third-order valence-electron chi connectivity index (χ3n) is 9.73. The monoisotopic (exact) mass is 614 g/mol. The molecule has 2 nitrogen and oxygen atoms in total. The first-order valence-electron chi connectivity index (χ1n) is 16.7. The predicted octanol–water partition coefficient (Wildman–Crippen LogP) is 12.2. The molecule has 228 valence electrons. The highest BCUT2D eigenvalue weighted by molar-refractivity contribution is 6.09. The maximum Gasteiger partial charge on any atom is 0.0560 e. The second-order valence-electron chi connectivity index (χ2n) is 12.5. The fourth-order valence-electron chi connectivity index (χ4n) is 7.42. The molecule has 1 aliphatic rings. The van der Waals surface area contributed by atoms with Crippen LogP contribution in [0.15, 0.2) is 188 Å². The summed E-state index contributed by atoms with van der Waals surface area (Å²) in [5.74, 6) is 0. The highest BCUT2D eigenvalue weighted by Crippen LogP contribution is 2.37. The van der Waals surface area contributed by atoms with E-state index in [4.69, 9.17) is 0 Å². The lowest BCUT2D eigenvalue weighted by molar-refractivity contribution is 0.787. The van der Waals surface area contributed by atoms with Gasteiger partial charge in [-0.25, -0.2) is 0 Å². The summed E-state index contributed by atoms with van der Waals surface area (Å²) in [4.78, 5) is 2.48. The van der Waals surface area contributed by atoms with Crippen molar-refractivity contribution in [2.24, 2.45) is 0 Å². The lowest BCUT2D eigenvalue weighted by Crippen LogP contribution is -2.30. The minimum atomic E-state index is 0.181. The molecule has 0 spiro atoms. The molecular weight excluding hydrogens is 581 g/mol. The summed E-state index contributed by atoms with van der Waals surface area (Å²) in [5, 5.41) is 5.09. The van der Waals surface area contributed by atoms with Crippen LogP contribution in [-0.2, 0) is 0 Å². The largest absolute Gasteiger partial charge is 0.334 e. The van der Waals surface area contributed by atoms with Gasteiger partial charge in [0, 0.05) is 27.8 Å². The normalized spacial score (nSPS) is 14.4. The van der Waals surface area contributed by atoms with Gasteiger partial charge in [-0.15, -0.1) is 0 Å². The van der Waals surface area contributed by atoms with Gasteiger partial charge in [0.25, 0.3) is 0 Å². The predicted molar refractivity (Wildman–Crippen MR) is 204 cm³/mol. The molecule has 0 saturated heterocycles. The van der Waals surface area contributed by atoms with Gasteiger partial charge < -0.3 is 9.47 Å². The number of para-hydroxylation sites is 2. The van der Waals surface area contributed by atoms with Crippen LogP contribution < -0.4 is 4.90 Å². The number of rotatable bonds is 6. The molecule has 2 heteroatoms. The molecule has 0 fully saturated rings. The first-order chi connectivity index (χ1) is 23.8. The van der Waals surface area contributed by atoms with Crippen LogP contribution in [0.2, 0.25) is 0 Å². The summed E-state index contributed by atoms with van der Waals surface area (Å²) in [6, 6.07) is 61.6. The van der Waals surface area contributed by atoms with Crippen molar-refractivity contribution in [2.45, 2.75) is 12.5 Å². The van der Waals surface area contributed by atoms with Gasteiger partial charge in [0.1, 0.15) is 0 Å². The number of benzene rings is 7. The van der Waals surface area contributed by atoms with E-state index in [1.54, 1.807) is 0 Å². The van der Waals surface area contributed by atoms with Gasteiger partial charge in [-0.1, -0.05) is 140 Å². The number of nitrogens with zero attached hydrogens (tertiary/aromatic N) is 2. The Bertz CT molecular complexity index is 2410. The van der Waals surface area contributed by atoms with Crippen molar-refractivity contribution < 1.29 is 0 Å². The van der Waals surface area contributed by atoms with Crippen LogP contribution in [0.25, 0.3) is 55.0 Å². The Hall–Kier alpha value is -6.12. The topological polar surface area (TPSA) is 8.17 Å². The molecule has 9 rings (SSSR count).